The number of anilines is 2. The second-order valence-electron chi connectivity index (χ2n) is 20.4. The molecule has 0 saturated carbocycles. The van der Waals surface area contributed by atoms with Gasteiger partial charge in [-0.25, -0.2) is 31.3 Å². The standard InChI is InChI=1S/C52H67N9O10S2Si/c1-51(2,3)70-50(62)54-31-43(71-74(10,11)52(4,5)6)32-55-72(63,64)45-27-26-44(60-30-28-39-13-12-29-53-49(39)60)46(48-56-58-61(57-48)35-38-18-24-42(69-9)25-19-38)47(45)73(65,66)59(33-36-14-20-40(67-7)21-15-36)34-37-16-22-41(68-8)23-17-37/h12-27,29,43,55H,28,30-35H2,1-11H3,(H,54,62). The third kappa shape index (κ3) is 13.3. The third-order valence-electron chi connectivity index (χ3n) is 12.8. The van der Waals surface area contributed by atoms with Crippen molar-refractivity contribution in [2.45, 2.75) is 107 Å². The Bertz CT molecular complexity index is 3080. The van der Waals surface area contributed by atoms with Gasteiger partial charge in [0, 0.05) is 38.9 Å². The molecule has 0 bridgehead atoms. The molecule has 1 amide bonds. The van der Waals surface area contributed by atoms with Crippen LogP contribution in [0.15, 0.2) is 113 Å². The number of rotatable bonds is 21. The molecule has 1 unspecified atom stereocenters. The average molecular weight is 1070 g/mol. The molecule has 7 rings (SSSR count). The number of nitrogens with one attached hydrogen (secondary N) is 2. The van der Waals surface area contributed by atoms with Crippen LogP contribution in [0.4, 0.5) is 16.3 Å². The zero-order chi connectivity index (χ0) is 53.6. The topological polar surface area (TPSA) is 219 Å². The number of benzene rings is 4. The van der Waals surface area contributed by atoms with E-state index >= 15 is 16.8 Å². The fourth-order valence-corrected chi connectivity index (χ4v) is 12.8. The summed E-state index contributed by atoms with van der Waals surface area (Å²) in [6.07, 6.45) is 0.589. The Kier molecular flexibility index (Phi) is 16.9. The number of carbonyl (C=O) groups excluding carboxylic acids is 1. The van der Waals surface area contributed by atoms with Crippen molar-refractivity contribution in [3.8, 4) is 28.6 Å². The lowest BCUT2D eigenvalue weighted by atomic mass is 10.1. The molecule has 2 aromatic heterocycles. The van der Waals surface area contributed by atoms with Gasteiger partial charge in [0.1, 0.15) is 38.5 Å². The molecule has 1 atom stereocenters. The molecule has 0 saturated heterocycles. The molecule has 6 aromatic rings. The van der Waals surface area contributed by atoms with Gasteiger partial charge in [-0.15, -0.1) is 10.2 Å². The highest BCUT2D eigenvalue weighted by atomic mass is 32.2. The summed E-state index contributed by atoms with van der Waals surface area (Å²) in [4.78, 5) is 19.7. The lowest BCUT2D eigenvalue weighted by molar-refractivity contribution is 0.0498. The van der Waals surface area contributed by atoms with E-state index in [0.29, 0.717) is 52.8 Å². The number of tetrazole rings is 1. The van der Waals surface area contributed by atoms with Gasteiger partial charge in [-0.1, -0.05) is 63.2 Å². The Balaban J connectivity index is 1.44. The number of alkyl carbamates (subject to hydrolysis) is 1. The summed E-state index contributed by atoms with van der Waals surface area (Å²) in [6.45, 7) is 15.0. The maximum atomic E-state index is 16.3. The average Bonchev–Trinajstić information content (AvgIpc) is 4.01. The van der Waals surface area contributed by atoms with E-state index < -0.39 is 56.0 Å². The van der Waals surface area contributed by atoms with E-state index in [1.165, 1.54) is 29.4 Å². The molecule has 19 nitrogen and oxygen atoms in total. The van der Waals surface area contributed by atoms with E-state index in [1.54, 1.807) is 101 Å². The smallest absolute Gasteiger partial charge is 0.407 e. The predicted octanol–water partition coefficient (Wildman–Crippen LogP) is 8.09. The zero-order valence-corrected chi connectivity index (χ0v) is 46.5. The highest BCUT2D eigenvalue weighted by Crippen LogP contribution is 2.45. The lowest BCUT2D eigenvalue weighted by Crippen LogP contribution is -2.51. The van der Waals surface area contributed by atoms with Gasteiger partial charge < -0.3 is 33.6 Å². The minimum atomic E-state index is -4.96. The highest BCUT2D eigenvalue weighted by molar-refractivity contribution is 7.92. The highest BCUT2D eigenvalue weighted by Gasteiger charge is 2.42. The summed E-state index contributed by atoms with van der Waals surface area (Å²) in [7, 11) is -7.77. The van der Waals surface area contributed by atoms with Gasteiger partial charge in [0.25, 0.3) is 0 Å². The summed E-state index contributed by atoms with van der Waals surface area (Å²) in [5.41, 5.74) is 2.26. The summed E-state index contributed by atoms with van der Waals surface area (Å²) in [5.74, 6) is 2.19. The normalized spacial score (nSPS) is 13.6. The van der Waals surface area contributed by atoms with Crippen LogP contribution >= 0.6 is 0 Å². The van der Waals surface area contributed by atoms with Crippen molar-refractivity contribution in [3.63, 3.8) is 0 Å². The molecule has 396 valence electrons. The molecule has 3 heterocycles. The second kappa shape index (κ2) is 22.6. The van der Waals surface area contributed by atoms with Crippen molar-refractivity contribution in [1.82, 2.24) is 39.5 Å². The van der Waals surface area contributed by atoms with Crippen molar-refractivity contribution in [2.24, 2.45) is 0 Å². The minimum absolute atomic E-state index is 0.109. The first-order chi connectivity index (χ1) is 34.9. The first kappa shape index (κ1) is 55.3. The lowest BCUT2D eigenvalue weighted by Gasteiger charge is -2.39. The van der Waals surface area contributed by atoms with E-state index in [2.05, 4.69) is 20.4 Å². The number of hydrogen-bond acceptors (Lipinski definition) is 15. The Morgan fingerprint density at radius 3 is 1.88 bits per heavy atom. The van der Waals surface area contributed by atoms with Crippen LogP contribution in [0.25, 0.3) is 11.4 Å². The van der Waals surface area contributed by atoms with Gasteiger partial charge in [0.05, 0.1) is 45.2 Å². The maximum absolute atomic E-state index is 16.3. The number of hydrogen-bond donors (Lipinski definition) is 2. The number of sulfonamides is 2. The number of methoxy groups -OCH3 is 3. The van der Waals surface area contributed by atoms with Crippen LogP contribution in [0.1, 0.15) is 63.8 Å². The van der Waals surface area contributed by atoms with Gasteiger partial charge in [0.2, 0.25) is 25.9 Å². The second-order valence-corrected chi connectivity index (χ2v) is 28.7. The number of aromatic nitrogens is 5. The van der Waals surface area contributed by atoms with Gasteiger partial charge in [-0.2, -0.15) is 9.10 Å². The summed E-state index contributed by atoms with van der Waals surface area (Å²) >= 11 is 0. The maximum Gasteiger partial charge on any atom is 0.407 e. The van der Waals surface area contributed by atoms with Crippen LogP contribution in [-0.4, -0.2) is 113 Å². The van der Waals surface area contributed by atoms with Crippen LogP contribution in [0.5, 0.6) is 17.2 Å². The molecular formula is C52H67N9O10S2Si. The summed E-state index contributed by atoms with van der Waals surface area (Å²) in [5, 5.41) is 16.1. The van der Waals surface area contributed by atoms with E-state index in [0.717, 1.165) is 11.1 Å². The largest absolute Gasteiger partial charge is 0.497 e. The van der Waals surface area contributed by atoms with Gasteiger partial charge in [-0.3, -0.25) is 0 Å². The molecule has 1 aliphatic rings. The Hall–Kier alpha value is -6.43. The molecule has 0 spiro atoms. The fourth-order valence-electron chi connectivity index (χ4n) is 7.97. The quantitative estimate of drug-likeness (QED) is 0.0651. The predicted molar refractivity (Wildman–Crippen MR) is 284 cm³/mol. The molecule has 0 fully saturated rings. The summed E-state index contributed by atoms with van der Waals surface area (Å²) < 4.78 is 95.8. The number of amides is 1. The first-order valence-corrected chi connectivity index (χ1v) is 29.9. The van der Waals surface area contributed by atoms with E-state index in [-0.39, 0.29) is 49.1 Å². The monoisotopic (exact) mass is 1070 g/mol. The van der Waals surface area contributed by atoms with Crippen molar-refractivity contribution in [1.29, 1.82) is 0 Å². The SMILES string of the molecule is COc1ccc(CN(Cc2ccc(OC)cc2)S(=O)(=O)c2c(S(=O)(=O)NCC(CNC(=O)OC(C)(C)C)O[Si](C)(C)C(C)(C)C)ccc(N3CCc4cccnc43)c2-c2nnn(Cc3ccc(OC)cc3)n2)cc1. The Labute approximate surface area is 435 Å². The number of fused-ring (bicyclic) bond motifs is 1. The third-order valence-corrected chi connectivity index (χ3v) is 20.9. The van der Waals surface area contributed by atoms with E-state index in [4.69, 9.17) is 33.5 Å². The molecule has 22 heteroatoms. The van der Waals surface area contributed by atoms with Crippen LogP contribution in [0, 0.1) is 0 Å². The van der Waals surface area contributed by atoms with Gasteiger partial charge in [0.15, 0.2) is 8.32 Å². The van der Waals surface area contributed by atoms with E-state index in [9.17, 15) is 4.79 Å². The number of carbonyl (C=O) groups is 1. The van der Waals surface area contributed by atoms with Crippen LogP contribution < -0.4 is 29.1 Å². The van der Waals surface area contributed by atoms with Crippen molar-refractivity contribution in [3.05, 3.63) is 126 Å². The van der Waals surface area contributed by atoms with Crippen LogP contribution in [-0.2, 0) is 55.3 Å². The molecule has 74 heavy (non-hydrogen) atoms. The molecule has 4 aromatic carbocycles. The van der Waals surface area contributed by atoms with E-state index in [1.807, 2.05) is 63.0 Å². The fraction of sp³-hybridized carbons (Fsp3) is 0.404. The molecule has 0 radical (unpaired) electrons. The summed E-state index contributed by atoms with van der Waals surface area (Å²) in [6, 6.07) is 27.8. The van der Waals surface area contributed by atoms with Gasteiger partial charge in [-0.05, 0) is 127 Å². The Morgan fingerprint density at radius 1 is 0.770 bits per heavy atom. The number of ether oxygens (including phenoxy) is 4. The van der Waals surface area contributed by atoms with Crippen molar-refractivity contribution in [2.75, 3.05) is 45.9 Å². The Morgan fingerprint density at radius 2 is 1.34 bits per heavy atom. The molecule has 2 N–H and O–H groups in total. The first-order valence-electron chi connectivity index (χ1n) is 24.1. The number of pyridine rings is 1. The zero-order valence-electron chi connectivity index (χ0n) is 43.9. The number of nitrogens with zero attached hydrogens (tertiary/aromatic N) is 7. The van der Waals surface area contributed by atoms with Crippen LogP contribution in [0.3, 0.4) is 0 Å². The van der Waals surface area contributed by atoms with Gasteiger partial charge >= 0.3 is 6.09 Å². The van der Waals surface area contributed by atoms with Crippen molar-refractivity contribution >= 4 is 46.0 Å². The molecular weight excluding hydrogens is 1000 g/mol. The minimum Gasteiger partial charge on any atom is -0.497 e. The van der Waals surface area contributed by atoms with Crippen LogP contribution in [0.2, 0.25) is 18.1 Å². The molecule has 1 aliphatic heterocycles. The van der Waals surface area contributed by atoms with Crippen molar-refractivity contribution < 1.29 is 45.0 Å². The molecule has 0 aliphatic carbocycles.